The maximum absolute atomic E-state index is 11.0. The van der Waals surface area contributed by atoms with E-state index in [-0.39, 0.29) is 5.41 Å². The molecular weight excluding hydrogens is 276 g/mol. The lowest BCUT2D eigenvalue weighted by Crippen LogP contribution is -2.51. The molecule has 1 aromatic rings. The molecule has 0 bridgehead atoms. The maximum atomic E-state index is 11.0. The first kappa shape index (κ1) is 15.2. The monoisotopic (exact) mass is 298 g/mol. The van der Waals surface area contributed by atoms with E-state index in [4.69, 9.17) is 0 Å². The van der Waals surface area contributed by atoms with Gasteiger partial charge >= 0.3 is 0 Å². The molecular formula is C13H22N4O2S. The molecule has 1 N–H and O–H groups in total. The van der Waals surface area contributed by atoms with E-state index in [9.17, 15) is 8.42 Å². The Balaban J connectivity index is 1.87. The van der Waals surface area contributed by atoms with E-state index in [0.717, 1.165) is 24.6 Å². The van der Waals surface area contributed by atoms with Crippen molar-refractivity contribution in [1.29, 1.82) is 0 Å². The normalized spacial score (nSPS) is 17.1. The van der Waals surface area contributed by atoms with Crippen molar-refractivity contribution in [3.63, 3.8) is 0 Å². The second-order valence-electron chi connectivity index (χ2n) is 6.42. The lowest BCUT2D eigenvalue weighted by atomic mass is 9.92. The van der Waals surface area contributed by atoms with Crippen LogP contribution in [0.25, 0.3) is 0 Å². The van der Waals surface area contributed by atoms with Crippen molar-refractivity contribution < 1.29 is 8.42 Å². The van der Waals surface area contributed by atoms with E-state index in [2.05, 4.69) is 40.6 Å². The van der Waals surface area contributed by atoms with Crippen LogP contribution >= 0.6 is 0 Å². The van der Waals surface area contributed by atoms with Gasteiger partial charge < -0.3 is 4.90 Å². The molecule has 2 rings (SSSR count). The Morgan fingerprint density at radius 2 is 1.95 bits per heavy atom. The summed E-state index contributed by atoms with van der Waals surface area (Å²) in [6.45, 7) is 8.43. The molecule has 1 aliphatic heterocycles. The van der Waals surface area contributed by atoms with Gasteiger partial charge in [-0.15, -0.1) is 5.10 Å². The van der Waals surface area contributed by atoms with Crippen molar-refractivity contribution in [2.24, 2.45) is 5.92 Å². The first-order chi connectivity index (χ1) is 9.15. The standard InChI is InChI=1S/C13H22N4O2S/c1-13(2,3)11-5-6-12(16-15-11)17-8-10(9-17)7-14-20(4,18)19/h5-6,10,14H,7-9H2,1-4H3. The van der Waals surface area contributed by atoms with Gasteiger partial charge in [-0.3, -0.25) is 0 Å². The number of anilines is 1. The fourth-order valence-electron chi connectivity index (χ4n) is 2.05. The Kier molecular flexibility index (Phi) is 4.02. The summed E-state index contributed by atoms with van der Waals surface area (Å²) in [5.74, 6) is 1.20. The van der Waals surface area contributed by atoms with Crippen LogP contribution in [0.15, 0.2) is 12.1 Å². The number of nitrogens with one attached hydrogen (secondary N) is 1. The van der Waals surface area contributed by atoms with Crippen molar-refractivity contribution in [3.8, 4) is 0 Å². The lowest BCUT2D eigenvalue weighted by Gasteiger charge is -2.39. The third-order valence-corrected chi connectivity index (χ3v) is 4.03. The summed E-state index contributed by atoms with van der Waals surface area (Å²) in [6.07, 6.45) is 1.18. The molecule has 1 fully saturated rings. The molecule has 0 unspecified atom stereocenters. The highest BCUT2D eigenvalue weighted by atomic mass is 32.2. The first-order valence-corrected chi connectivity index (χ1v) is 8.58. The summed E-state index contributed by atoms with van der Waals surface area (Å²) in [7, 11) is -3.10. The quantitative estimate of drug-likeness (QED) is 0.888. The highest BCUT2D eigenvalue weighted by molar-refractivity contribution is 7.88. The highest BCUT2D eigenvalue weighted by Gasteiger charge is 2.28. The topological polar surface area (TPSA) is 75.2 Å². The number of hydrogen-bond acceptors (Lipinski definition) is 5. The van der Waals surface area contributed by atoms with Crippen molar-refractivity contribution in [1.82, 2.24) is 14.9 Å². The van der Waals surface area contributed by atoms with Crippen molar-refractivity contribution in [3.05, 3.63) is 17.8 Å². The number of aromatic nitrogens is 2. The molecule has 0 spiro atoms. The van der Waals surface area contributed by atoms with E-state index in [1.807, 2.05) is 12.1 Å². The van der Waals surface area contributed by atoms with E-state index in [1.165, 1.54) is 6.26 Å². The zero-order valence-corrected chi connectivity index (χ0v) is 13.2. The molecule has 20 heavy (non-hydrogen) atoms. The molecule has 1 aliphatic rings. The molecule has 2 heterocycles. The van der Waals surface area contributed by atoms with Gasteiger partial charge in [-0.1, -0.05) is 20.8 Å². The van der Waals surface area contributed by atoms with Gasteiger partial charge in [0.05, 0.1) is 11.9 Å². The fourth-order valence-corrected chi connectivity index (χ4v) is 2.59. The number of nitrogens with zero attached hydrogens (tertiary/aromatic N) is 3. The van der Waals surface area contributed by atoms with Crippen LogP contribution in [0.1, 0.15) is 26.5 Å². The second-order valence-corrected chi connectivity index (χ2v) is 8.25. The molecule has 0 atom stereocenters. The van der Waals surface area contributed by atoms with Gasteiger partial charge in [-0.25, -0.2) is 13.1 Å². The van der Waals surface area contributed by atoms with E-state index >= 15 is 0 Å². The number of rotatable bonds is 4. The van der Waals surface area contributed by atoms with E-state index < -0.39 is 10.0 Å². The Hall–Kier alpha value is -1.21. The van der Waals surface area contributed by atoms with Crippen molar-refractivity contribution in [2.75, 3.05) is 30.8 Å². The largest absolute Gasteiger partial charge is 0.354 e. The van der Waals surface area contributed by atoms with Crippen LogP contribution in [-0.4, -0.2) is 44.5 Å². The predicted molar refractivity (Wildman–Crippen MR) is 79.3 cm³/mol. The van der Waals surface area contributed by atoms with Gasteiger partial charge in [0.15, 0.2) is 5.82 Å². The molecule has 0 radical (unpaired) electrons. The van der Waals surface area contributed by atoms with Gasteiger partial charge in [-0.05, 0) is 12.1 Å². The van der Waals surface area contributed by atoms with E-state index in [0.29, 0.717) is 12.5 Å². The van der Waals surface area contributed by atoms with Crippen LogP contribution in [0.3, 0.4) is 0 Å². The highest BCUT2D eigenvalue weighted by Crippen LogP contribution is 2.24. The molecule has 0 saturated carbocycles. The Morgan fingerprint density at radius 1 is 1.30 bits per heavy atom. The van der Waals surface area contributed by atoms with Crippen LogP contribution in [0.2, 0.25) is 0 Å². The van der Waals surface area contributed by atoms with E-state index in [1.54, 1.807) is 0 Å². The lowest BCUT2D eigenvalue weighted by molar-refractivity contribution is 0.402. The minimum absolute atomic E-state index is 0.00240. The first-order valence-electron chi connectivity index (χ1n) is 6.69. The Labute approximate surface area is 120 Å². The maximum Gasteiger partial charge on any atom is 0.208 e. The minimum Gasteiger partial charge on any atom is -0.354 e. The molecule has 112 valence electrons. The summed E-state index contributed by atoms with van der Waals surface area (Å²) in [5.41, 5.74) is 0.972. The Bertz CT molecular complexity index is 557. The summed E-state index contributed by atoms with van der Waals surface area (Å²) >= 11 is 0. The zero-order valence-electron chi connectivity index (χ0n) is 12.4. The zero-order chi connectivity index (χ0) is 15.0. The van der Waals surface area contributed by atoms with Gasteiger partial charge in [-0.2, -0.15) is 5.10 Å². The summed E-state index contributed by atoms with van der Waals surface area (Å²) < 4.78 is 24.6. The van der Waals surface area contributed by atoms with Gasteiger partial charge in [0.25, 0.3) is 0 Å². The number of hydrogen-bond donors (Lipinski definition) is 1. The van der Waals surface area contributed by atoms with Crippen LogP contribution < -0.4 is 9.62 Å². The van der Waals surface area contributed by atoms with Crippen molar-refractivity contribution >= 4 is 15.8 Å². The summed E-state index contributed by atoms with van der Waals surface area (Å²) in [6, 6.07) is 3.98. The fraction of sp³-hybridized carbons (Fsp3) is 0.692. The predicted octanol–water partition coefficient (Wildman–Crippen LogP) is 0.759. The van der Waals surface area contributed by atoms with Crippen LogP contribution in [0, 0.1) is 5.92 Å². The van der Waals surface area contributed by atoms with Crippen LogP contribution in [-0.2, 0) is 15.4 Å². The van der Waals surface area contributed by atoms with Gasteiger partial charge in [0.2, 0.25) is 10.0 Å². The Morgan fingerprint density at radius 3 is 2.40 bits per heavy atom. The molecule has 7 heteroatoms. The molecule has 1 aromatic heterocycles. The van der Waals surface area contributed by atoms with Crippen molar-refractivity contribution in [2.45, 2.75) is 26.2 Å². The third-order valence-electron chi connectivity index (χ3n) is 3.33. The SMILES string of the molecule is CC(C)(C)c1ccc(N2CC(CNS(C)(=O)=O)C2)nn1. The summed E-state index contributed by atoms with van der Waals surface area (Å²) in [4.78, 5) is 2.11. The van der Waals surface area contributed by atoms with Gasteiger partial charge in [0.1, 0.15) is 0 Å². The third kappa shape index (κ3) is 3.89. The second kappa shape index (κ2) is 5.29. The molecule has 6 nitrogen and oxygen atoms in total. The van der Waals surface area contributed by atoms with Crippen LogP contribution in [0.4, 0.5) is 5.82 Å². The van der Waals surface area contributed by atoms with Gasteiger partial charge in [0, 0.05) is 31.0 Å². The smallest absolute Gasteiger partial charge is 0.208 e. The molecule has 1 saturated heterocycles. The average molecular weight is 298 g/mol. The van der Waals surface area contributed by atoms with Crippen LogP contribution in [0.5, 0.6) is 0 Å². The number of sulfonamides is 1. The molecule has 0 amide bonds. The minimum atomic E-state index is -3.10. The summed E-state index contributed by atoms with van der Waals surface area (Å²) in [5, 5.41) is 8.51. The molecule has 0 aliphatic carbocycles. The molecule has 0 aromatic carbocycles. The average Bonchev–Trinajstić information content (AvgIpc) is 2.24.